The van der Waals surface area contributed by atoms with E-state index in [0.29, 0.717) is 9.37 Å². The number of hydrogen-bond acceptors (Lipinski definition) is 11. The van der Waals surface area contributed by atoms with E-state index in [0.717, 1.165) is 25.6 Å². The second-order valence-electron chi connectivity index (χ2n) is 6.42. The second kappa shape index (κ2) is 11.7. The topological polar surface area (TPSA) is 174 Å². The predicted molar refractivity (Wildman–Crippen MR) is 112 cm³/mol. The van der Waals surface area contributed by atoms with E-state index in [1.54, 1.807) is 6.07 Å². The minimum atomic E-state index is -1.21. The fourth-order valence-electron chi connectivity index (χ4n) is 2.89. The van der Waals surface area contributed by atoms with E-state index in [1.807, 2.05) is 6.07 Å². The van der Waals surface area contributed by atoms with Gasteiger partial charge in [0.15, 0.2) is 5.69 Å². The third-order valence-electron chi connectivity index (χ3n) is 4.03. The van der Waals surface area contributed by atoms with Gasteiger partial charge >= 0.3 is 17.9 Å². The molecule has 0 unspecified atom stereocenters. The van der Waals surface area contributed by atoms with Crippen molar-refractivity contribution in [2.75, 3.05) is 6.61 Å². The number of ether oxygens (including phenoxy) is 4. The highest BCUT2D eigenvalue weighted by molar-refractivity contribution is 9.10. The summed E-state index contributed by atoms with van der Waals surface area (Å²) in [6.07, 6.45) is -2.01. The molecule has 0 spiro atoms. The van der Waals surface area contributed by atoms with Crippen LogP contribution >= 0.6 is 27.7 Å². The summed E-state index contributed by atoms with van der Waals surface area (Å²) in [5, 5.41) is 13.1. The molecule has 5 atom stereocenters. The molecule has 0 aromatic carbocycles. The summed E-state index contributed by atoms with van der Waals surface area (Å²) in [5.41, 5.74) is 8.17. The molecule has 1 aliphatic heterocycles. The highest BCUT2D eigenvalue weighted by atomic mass is 79.9. The van der Waals surface area contributed by atoms with Crippen LogP contribution in [0.2, 0.25) is 0 Å². The first kappa shape index (κ1) is 25.4. The Kier molecular flexibility index (Phi) is 9.27. The summed E-state index contributed by atoms with van der Waals surface area (Å²) in [6.45, 7) is 3.16. The highest BCUT2D eigenvalue weighted by Gasteiger charge is 2.50. The number of esters is 3. The van der Waals surface area contributed by atoms with Gasteiger partial charge in [-0.25, -0.2) is 4.98 Å². The molecular formula is C18H18BrN5O7S. The van der Waals surface area contributed by atoms with Gasteiger partial charge in [0, 0.05) is 41.2 Å². The van der Waals surface area contributed by atoms with Gasteiger partial charge in [0.05, 0.1) is 0 Å². The molecule has 170 valence electrons. The number of nitrogens with zero attached hydrogens (tertiary/aromatic N) is 5. The maximum absolute atomic E-state index is 11.8. The fraction of sp³-hybridized carbons (Fsp3) is 0.500. The molecule has 0 radical (unpaired) electrons. The van der Waals surface area contributed by atoms with Gasteiger partial charge in [0.2, 0.25) is 0 Å². The van der Waals surface area contributed by atoms with Gasteiger partial charge in [-0.05, 0) is 27.5 Å². The Morgan fingerprint density at radius 1 is 1.28 bits per heavy atom. The molecule has 0 saturated carbocycles. The molecule has 12 nitrogen and oxygen atoms in total. The van der Waals surface area contributed by atoms with E-state index in [9.17, 15) is 19.6 Å². The summed E-state index contributed by atoms with van der Waals surface area (Å²) < 4.78 is 22.2. The van der Waals surface area contributed by atoms with E-state index in [-0.39, 0.29) is 12.3 Å². The molecule has 1 saturated heterocycles. The molecule has 0 bridgehead atoms. The molecule has 0 amide bonds. The number of azide groups is 1. The first-order valence-electron chi connectivity index (χ1n) is 9.06. The quantitative estimate of drug-likeness (QED) is 0.168. The number of hydrogen-bond donors (Lipinski definition) is 0. The SMILES string of the molecule is CC(=O)OC[C@H]1O[C@H](Sc2cc(Br)cnc2C#N)[C@H](OC(C)=O)[C@@H](N=[N+]=[N-])[C@H]1OC(C)=O. The molecule has 1 fully saturated rings. The van der Waals surface area contributed by atoms with Crippen LogP contribution in [0.5, 0.6) is 0 Å². The summed E-state index contributed by atoms with van der Waals surface area (Å²) in [4.78, 5) is 42.0. The van der Waals surface area contributed by atoms with Gasteiger partial charge in [-0.15, -0.1) is 0 Å². The summed E-state index contributed by atoms with van der Waals surface area (Å²) >= 11 is 4.27. The van der Waals surface area contributed by atoms with Crippen molar-refractivity contribution >= 4 is 45.6 Å². The largest absolute Gasteiger partial charge is 0.463 e. The van der Waals surface area contributed by atoms with Crippen LogP contribution in [0.1, 0.15) is 26.5 Å². The Labute approximate surface area is 195 Å². The van der Waals surface area contributed by atoms with Crippen LogP contribution in [0.4, 0.5) is 0 Å². The zero-order chi connectivity index (χ0) is 23.8. The number of nitriles is 1. The summed E-state index contributed by atoms with van der Waals surface area (Å²) in [5.74, 6) is -2.01. The lowest BCUT2D eigenvalue weighted by Gasteiger charge is -2.43. The second-order valence-corrected chi connectivity index (χ2v) is 8.47. The highest BCUT2D eigenvalue weighted by Crippen LogP contribution is 2.39. The molecular weight excluding hydrogens is 510 g/mol. The Hall–Kier alpha value is -2.85. The van der Waals surface area contributed by atoms with Crippen LogP contribution in [0.25, 0.3) is 10.4 Å². The Bertz CT molecular complexity index is 981. The van der Waals surface area contributed by atoms with Gasteiger partial charge in [0.1, 0.15) is 42.5 Å². The zero-order valence-corrected chi connectivity index (χ0v) is 19.5. The monoisotopic (exact) mass is 527 g/mol. The smallest absolute Gasteiger partial charge is 0.303 e. The summed E-state index contributed by atoms with van der Waals surface area (Å²) in [7, 11) is 0. The predicted octanol–water partition coefficient (Wildman–Crippen LogP) is 2.64. The van der Waals surface area contributed by atoms with Crippen molar-refractivity contribution in [2.24, 2.45) is 5.11 Å². The van der Waals surface area contributed by atoms with E-state index in [1.165, 1.54) is 13.1 Å². The molecule has 32 heavy (non-hydrogen) atoms. The first-order chi connectivity index (χ1) is 15.2. The van der Waals surface area contributed by atoms with Crippen molar-refractivity contribution < 1.29 is 33.3 Å². The molecule has 0 N–H and O–H groups in total. The van der Waals surface area contributed by atoms with Gasteiger partial charge in [-0.3, -0.25) is 14.4 Å². The van der Waals surface area contributed by atoms with Gasteiger partial charge in [0.25, 0.3) is 0 Å². The number of aromatic nitrogens is 1. The molecule has 2 rings (SSSR count). The zero-order valence-electron chi connectivity index (χ0n) is 17.1. The van der Waals surface area contributed by atoms with Crippen molar-refractivity contribution in [3.05, 3.63) is 32.9 Å². The third kappa shape index (κ3) is 6.83. The standard InChI is InChI=1S/C18H18BrN5O7S/c1-8(25)28-7-13-16(29-9(2)26)15(23-24-21)17(30-10(3)27)18(31-13)32-14-4-11(19)6-22-12(14)5-20/h4,6,13,15-18H,7H2,1-3H3/t13-,15+,16+,17-,18-/m1/s1. The molecule has 14 heteroatoms. The van der Waals surface area contributed by atoms with Crippen LogP contribution in [-0.4, -0.2) is 59.3 Å². The lowest BCUT2D eigenvalue weighted by Crippen LogP contribution is -2.59. The summed E-state index contributed by atoms with van der Waals surface area (Å²) in [6, 6.07) is 2.37. The van der Waals surface area contributed by atoms with Gasteiger partial charge in [-0.2, -0.15) is 5.26 Å². The van der Waals surface area contributed by atoms with E-state index in [2.05, 4.69) is 30.9 Å². The first-order valence-corrected chi connectivity index (χ1v) is 10.7. The number of carbonyl (C=O) groups is 3. The minimum Gasteiger partial charge on any atom is -0.463 e. The average Bonchev–Trinajstić information content (AvgIpc) is 2.70. The number of pyridine rings is 1. The van der Waals surface area contributed by atoms with Crippen LogP contribution in [0.3, 0.4) is 0 Å². The van der Waals surface area contributed by atoms with E-state index < -0.39 is 47.7 Å². The maximum Gasteiger partial charge on any atom is 0.303 e. The van der Waals surface area contributed by atoms with Gasteiger partial charge in [-0.1, -0.05) is 16.9 Å². The number of carbonyl (C=O) groups excluding carboxylic acids is 3. The Morgan fingerprint density at radius 3 is 2.50 bits per heavy atom. The third-order valence-corrected chi connectivity index (χ3v) is 5.64. The number of thioether (sulfide) groups is 1. The van der Waals surface area contributed by atoms with Crippen molar-refractivity contribution in [1.82, 2.24) is 4.98 Å². The Morgan fingerprint density at radius 2 is 1.94 bits per heavy atom. The fourth-order valence-corrected chi connectivity index (χ4v) is 4.58. The van der Waals surface area contributed by atoms with Crippen LogP contribution in [0.15, 0.2) is 26.7 Å². The van der Waals surface area contributed by atoms with E-state index in [4.69, 9.17) is 24.5 Å². The lowest BCUT2D eigenvalue weighted by molar-refractivity contribution is -0.201. The van der Waals surface area contributed by atoms with Crippen molar-refractivity contribution in [1.29, 1.82) is 5.26 Å². The van der Waals surface area contributed by atoms with Crippen molar-refractivity contribution in [2.45, 2.75) is 55.5 Å². The molecule has 1 aliphatic rings. The van der Waals surface area contributed by atoms with Gasteiger partial charge < -0.3 is 18.9 Å². The normalized spacial score (nSPS) is 24.4. The number of halogens is 1. The minimum absolute atomic E-state index is 0.0855. The molecule has 2 heterocycles. The van der Waals surface area contributed by atoms with Crippen molar-refractivity contribution in [3.8, 4) is 6.07 Å². The number of rotatable bonds is 7. The van der Waals surface area contributed by atoms with Crippen molar-refractivity contribution in [3.63, 3.8) is 0 Å². The van der Waals surface area contributed by atoms with Crippen LogP contribution < -0.4 is 0 Å². The lowest BCUT2D eigenvalue weighted by atomic mass is 9.97. The Balaban J connectivity index is 2.51. The molecule has 1 aromatic heterocycles. The van der Waals surface area contributed by atoms with E-state index >= 15 is 0 Å². The van der Waals surface area contributed by atoms with Crippen LogP contribution in [0, 0.1) is 11.3 Å². The molecule has 0 aliphatic carbocycles. The molecule has 1 aromatic rings. The van der Waals surface area contributed by atoms with Crippen LogP contribution in [-0.2, 0) is 33.3 Å². The maximum atomic E-state index is 11.8. The average molecular weight is 528 g/mol.